The number of sulfonamides is 1. The van der Waals surface area contributed by atoms with E-state index in [9.17, 15) is 22.4 Å². The minimum Gasteiger partial charge on any atom is -0.452 e. The van der Waals surface area contributed by atoms with Crippen molar-refractivity contribution >= 4 is 27.6 Å². The number of anilines is 1. The molecule has 9 heteroatoms. The molecule has 2 aromatic rings. The molecule has 0 aliphatic heterocycles. The molecule has 7 nitrogen and oxygen atoms in total. The maximum atomic E-state index is 13.0. The fourth-order valence-corrected chi connectivity index (χ4v) is 3.85. The fraction of sp³-hybridized carbons (Fsp3) is 0.300. The Morgan fingerprint density at radius 1 is 1.17 bits per heavy atom. The first-order valence-electron chi connectivity index (χ1n) is 9.09. The van der Waals surface area contributed by atoms with E-state index < -0.39 is 34.3 Å². The maximum Gasteiger partial charge on any atom is 0.338 e. The number of amides is 1. The number of ether oxygens (including phenoxy) is 1. The van der Waals surface area contributed by atoms with Crippen LogP contribution in [0, 0.1) is 11.7 Å². The van der Waals surface area contributed by atoms with Crippen LogP contribution in [-0.4, -0.2) is 32.9 Å². The molecule has 0 radical (unpaired) electrons. The summed E-state index contributed by atoms with van der Waals surface area (Å²) in [6, 6.07) is 10.1. The van der Waals surface area contributed by atoms with Crippen molar-refractivity contribution in [3.8, 4) is 0 Å². The summed E-state index contributed by atoms with van der Waals surface area (Å²) in [6.45, 7) is 1.46. The number of hydrogen-bond acceptors (Lipinski definition) is 5. The Bertz CT molecular complexity index is 1000. The molecule has 1 fully saturated rings. The molecule has 154 valence electrons. The van der Waals surface area contributed by atoms with E-state index in [1.165, 1.54) is 30.3 Å². The highest BCUT2D eigenvalue weighted by Gasteiger charge is 2.29. The van der Waals surface area contributed by atoms with Crippen LogP contribution in [0.3, 0.4) is 0 Å². The minimum absolute atomic E-state index is 0.00461. The zero-order chi connectivity index (χ0) is 21.0. The molecule has 0 bridgehead atoms. The molecule has 1 aliphatic carbocycles. The second kappa shape index (κ2) is 8.60. The molecule has 1 amide bonds. The summed E-state index contributed by atoms with van der Waals surface area (Å²) in [7, 11) is -3.99. The summed E-state index contributed by atoms with van der Waals surface area (Å²) in [4.78, 5) is 23.9. The molecule has 3 rings (SSSR count). The van der Waals surface area contributed by atoms with Crippen molar-refractivity contribution in [3.05, 3.63) is 59.9 Å². The highest BCUT2D eigenvalue weighted by Crippen LogP contribution is 2.32. The van der Waals surface area contributed by atoms with Gasteiger partial charge >= 0.3 is 5.97 Å². The lowest BCUT2D eigenvalue weighted by molar-refractivity contribution is -0.124. The van der Waals surface area contributed by atoms with Crippen molar-refractivity contribution in [1.29, 1.82) is 0 Å². The normalized spacial score (nSPS) is 14.7. The van der Waals surface area contributed by atoms with E-state index in [0.717, 1.165) is 31.0 Å². The number of carbonyl (C=O) groups excluding carboxylic acids is 2. The third-order valence-electron chi connectivity index (χ3n) is 4.53. The van der Waals surface area contributed by atoms with Gasteiger partial charge in [-0.25, -0.2) is 17.6 Å². The molecular weight excluding hydrogens is 399 g/mol. The average molecular weight is 420 g/mol. The lowest BCUT2D eigenvalue weighted by Gasteiger charge is -2.13. The van der Waals surface area contributed by atoms with E-state index >= 15 is 0 Å². The zero-order valence-electron chi connectivity index (χ0n) is 15.7. The Labute approximate surface area is 168 Å². The molecule has 1 atom stereocenters. The van der Waals surface area contributed by atoms with Gasteiger partial charge in [-0.05, 0) is 68.1 Å². The summed E-state index contributed by atoms with van der Waals surface area (Å²) in [5.41, 5.74) is 0.177. The van der Waals surface area contributed by atoms with E-state index in [-0.39, 0.29) is 22.2 Å². The number of carbonyl (C=O) groups is 2. The molecule has 0 unspecified atom stereocenters. The summed E-state index contributed by atoms with van der Waals surface area (Å²) >= 11 is 0. The van der Waals surface area contributed by atoms with Crippen LogP contribution in [0.1, 0.15) is 30.1 Å². The number of benzene rings is 2. The molecule has 1 saturated carbocycles. The van der Waals surface area contributed by atoms with Crippen LogP contribution in [0.2, 0.25) is 0 Å². The van der Waals surface area contributed by atoms with Crippen LogP contribution in [-0.2, 0) is 19.6 Å². The van der Waals surface area contributed by atoms with Crippen molar-refractivity contribution in [1.82, 2.24) is 5.32 Å². The highest BCUT2D eigenvalue weighted by molar-refractivity contribution is 7.92. The Morgan fingerprint density at radius 2 is 1.86 bits per heavy atom. The second-order valence-electron chi connectivity index (χ2n) is 6.91. The first-order chi connectivity index (χ1) is 13.7. The third-order valence-corrected chi connectivity index (χ3v) is 5.91. The summed E-state index contributed by atoms with van der Waals surface area (Å²) < 4.78 is 45.3. The van der Waals surface area contributed by atoms with Crippen molar-refractivity contribution in [2.24, 2.45) is 5.92 Å². The van der Waals surface area contributed by atoms with Crippen LogP contribution in [0.4, 0.5) is 10.1 Å². The van der Waals surface area contributed by atoms with Crippen LogP contribution in [0.15, 0.2) is 53.4 Å². The largest absolute Gasteiger partial charge is 0.452 e. The molecule has 0 aromatic heterocycles. The van der Waals surface area contributed by atoms with Crippen molar-refractivity contribution in [2.75, 3.05) is 11.3 Å². The Balaban J connectivity index is 1.62. The lowest BCUT2D eigenvalue weighted by atomic mass is 10.2. The topological polar surface area (TPSA) is 102 Å². The number of nitrogens with one attached hydrogen (secondary N) is 2. The first-order valence-corrected chi connectivity index (χ1v) is 10.6. The van der Waals surface area contributed by atoms with Gasteiger partial charge in [-0.15, -0.1) is 0 Å². The predicted octanol–water partition coefficient (Wildman–Crippen LogP) is 2.70. The Hall–Kier alpha value is -2.94. The Morgan fingerprint density at radius 3 is 2.52 bits per heavy atom. The fourth-order valence-electron chi connectivity index (χ4n) is 2.75. The lowest BCUT2D eigenvalue weighted by Crippen LogP contribution is -2.37. The number of hydrogen-bond donors (Lipinski definition) is 2. The van der Waals surface area contributed by atoms with Gasteiger partial charge in [-0.1, -0.05) is 6.07 Å². The minimum atomic E-state index is -3.99. The molecule has 0 saturated heterocycles. The van der Waals surface area contributed by atoms with Gasteiger partial charge in [-0.2, -0.15) is 0 Å². The zero-order valence-corrected chi connectivity index (χ0v) is 16.5. The van der Waals surface area contributed by atoms with E-state index in [1.54, 1.807) is 0 Å². The van der Waals surface area contributed by atoms with Gasteiger partial charge in [0.05, 0.1) is 10.5 Å². The van der Waals surface area contributed by atoms with Crippen molar-refractivity contribution in [2.45, 2.75) is 30.7 Å². The molecule has 29 heavy (non-hydrogen) atoms. The van der Waals surface area contributed by atoms with Crippen LogP contribution >= 0.6 is 0 Å². The molecule has 2 aromatic carbocycles. The van der Waals surface area contributed by atoms with Crippen molar-refractivity contribution < 1.29 is 27.1 Å². The number of esters is 1. The van der Waals surface area contributed by atoms with Gasteiger partial charge in [0.1, 0.15) is 5.82 Å². The van der Waals surface area contributed by atoms with Crippen LogP contribution in [0.25, 0.3) is 0 Å². The molecular formula is C20H21FN2O5S. The van der Waals surface area contributed by atoms with E-state index in [4.69, 9.17) is 4.74 Å². The van der Waals surface area contributed by atoms with Gasteiger partial charge in [0.2, 0.25) is 0 Å². The van der Waals surface area contributed by atoms with Gasteiger partial charge in [0.15, 0.2) is 6.61 Å². The van der Waals surface area contributed by atoms with E-state index in [0.29, 0.717) is 5.92 Å². The molecule has 2 N–H and O–H groups in total. The maximum absolute atomic E-state index is 13.0. The standard InChI is InChI=1S/C20H21FN2O5S/c1-13(14-5-6-14)22-19(24)12-28-20(25)15-3-2-4-18(11-15)29(26,27)23-17-9-7-16(21)8-10-17/h2-4,7-11,13-14,23H,5-6,12H2,1H3,(H,22,24)/t13-/m0/s1. The highest BCUT2D eigenvalue weighted by atomic mass is 32.2. The summed E-state index contributed by atoms with van der Waals surface area (Å²) in [6.07, 6.45) is 2.16. The summed E-state index contributed by atoms with van der Waals surface area (Å²) in [5, 5.41) is 2.77. The van der Waals surface area contributed by atoms with Crippen molar-refractivity contribution in [3.63, 3.8) is 0 Å². The third kappa shape index (κ3) is 5.77. The van der Waals surface area contributed by atoms with Gasteiger partial charge < -0.3 is 10.1 Å². The van der Waals surface area contributed by atoms with Crippen LogP contribution in [0.5, 0.6) is 0 Å². The quantitative estimate of drug-likeness (QED) is 0.640. The monoisotopic (exact) mass is 420 g/mol. The molecule has 0 spiro atoms. The van der Waals surface area contributed by atoms with Gasteiger partial charge in [-0.3, -0.25) is 9.52 Å². The van der Waals surface area contributed by atoms with Gasteiger partial charge in [0, 0.05) is 11.7 Å². The van der Waals surface area contributed by atoms with Crippen LogP contribution < -0.4 is 10.0 Å². The smallest absolute Gasteiger partial charge is 0.338 e. The SMILES string of the molecule is C[C@H](NC(=O)COC(=O)c1cccc(S(=O)(=O)Nc2ccc(F)cc2)c1)C1CC1. The molecule has 0 heterocycles. The van der Waals surface area contributed by atoms with Gasteiger partial charge in [0.25, 0.3) is 15.9 Å². The predicted molar refractivity (Wildman–Crippen MR) is 104 cm³/mol. The Kier molecular flexibility index (Phi) is 6.17. The first kappa shape index (κ1) is 20.8. The number of rotatable bonds is 8. The molecule has 1 aliphatic rings. The average Bonchev–Trinajstić information content (AvgIpc) is 3.53. The summed E-state index contributed by atoms with van der Waals surface area (Å²) in [5.74, 6) is -1.23. The second-order valence-corrected chi connectivity index (χ2v) is 8.59. The number of halogens is 1. The van der Waals surface area contributed by atoms with E-state index in [2.05, 4.69) is 10.0 Å². The van der Waals surface area contributed by atoms with E-state index in [1.807, 2.05) is 6.92 Å².